The number of piperidine rings is 1. The molecule has 4 N–H and O–H groups in total. The number of hydrazine groups is 1. The minimum Gasteiger partial charge on any atom is -0.353 e. The minimum absolute atomic E-state index is 0.0987. The number of anilines is 1. The third-order valence-corrected chi connectivity index (χ3v) is 8.08. The first-order valence-corrected chi connectivity index (χ1v) is 14.1. The molecule has 1 amide bonds. The molecule has 2 fully saturated rings. The number of sulfonamides is 1. The Kier molecular flexibility index (Phi) is 8.34. The smallest absolute Gasteiger partial charge is 0.238 e. The quantitative estimate of drug-likeness (QED) is 0.495. The summed E-state index contributed by atoms with van der Waals surface area (Å²) in [5.41, 5.74) is 5.48. The van der Waals surface area contributed by atoms with Gasteiger partial charge in [0.15, 0.2) is 0 Å². The van der Waals surface area contributed by atoms with Crippen molar-refractivity contribution < 1.29 is 13.2 Å². The van der Waals surface area contributed by atoms with Crippen LogP contribution in [0.3, 0.4) is 0 Å². The average molecular weight is 520 g/mol. The number of hydrogen-bond donors (Lipinski definition) is 3. The van der Waals surface area contributed by atoms with Crippen LogP contribution in [0.5, 0.6) is 0 Å². The first-order valence-electron chi connectivity index (χ1n) is 12.2. The summed E-state index contributed by atoms with van der Waals surface area (Å²) in [6, 6.07) is 14.7. The standard InChI is InChI=1S/C25H34ClN5O3S/c1-2-3-24-23(16-28-31(24)21-8-6-19(26)7-9-21)25(32)29-20-12-14-30(15-13-20)17-18-4-10-22(11-5-18)35(27,33)34/h4-11,20,23-24,28H,2-3,12-17H2,1H3,(H,29,32)(H2,27,33,34). The predicted molar refractivity (Wildman–Crippen MR) is 138 cm³/mol. The van der Waals surface area contributed by atoms with Crippen molar-refractivity contribution in [1.82, 2.24) is 15.6 Å². The highest BCUT2D eigenvalue weighted by Crippen LogP contribution is 2.28. The average Bonchev–Trinajstić information content (AvgIpc) is 3.25. The number of hydrogen-bond acceptors (Lipinski definition) is 6. The zero-order chi connectivity index (χ0) is 25.0. The fourth-order valence-electron chi connectivity index (χ4n) is 4.99. The molecule has 0 saturated carbocycles. The second-order valence-corrected chi connectivity index (χ2v) is 11.4. The van der Waals surface area contributed by atoms with Crippen LogP contribution in [0.25, 0.3) is 0 Å². The minimum atomic E-state index is -3.67. The lowest BCUT2D eigenvalue weighted by Gasteiger charge is -2.33. The van der Waals surface area contributed by atoms with E-state index in [0.29, 0.717) is 11.6 Å². The Morgan fingerprint density at radius 3 is 2.37 bits per heavy atom. The van der Waals surface area contributed by atoms with Crippen LogP contribution < -0.4 is 20.9 Å². The zero-order valence-electron chi connectivity index (χ0n) is 20.0. The molecular formula is C25H34ClN5O3S. The van der Waals surface area contributed by atoms with Crippen LogP contribution in [-0.2, 0) is 21.4 Å². The van der Waals surface area contributed by atoms with E-state index in [4.69, 9.17) is 16.7 Å². The molecule has 2 unspecified atom stereocenters. The van der Waals surface area contributed by atoms with E-state index >= 15 is 0 Å². The summed E-state index contributed by atoms with van der Waals surface area (Å²) >= 11 is 6.05. The number of halogens is 1. The number of nitrogens with two attached hydrogens (primary N) is 1. The van der Waals surface area contributed by atoms with Gasteiger partial charge in [0.2, 0.25) is 15.9 Å². The summed E-state index contributed by atoms with van der Waals surface area (Å²) < 4.78 is 22.9. The molecule has 190 valence electrons. The zero-order valence-corrected chi connectivity index (χ0v) is 21.6. The van der Waals surface area contributed by atoms with Gasteiger partial charge >= 0.3 is 0 Å². The lowest BCUT2D eigenvalue weighted by Crippen LogP contribution is -2.48. The molecule has 2 aromatic rings. The summed E-state index contributed by atoms with van der Waals surface area (Å²) in [6.07, 6.45) is 3.70. The summed E-state index contributed by atoms with van der Waals surface area (Å²) in [6.45, 7) is 5.25. The number of primary sulfonamides is 1. The van der Waals surface area contributed by atoms with Gasteiger partial charge < -0.3 is 10.3 Å². The highest BCUT2D eigenvalue weighted by Gasteiger charge is 2.39. The van der Waals surface area contributed by atoms with E-state index in [-0.39, 0.29) is 28.8 Å². The number of carbonyl (C=O) groups excluding carboxylic acids is 1. The van der Waals surface area contributed by atoms with Gasteiger partial charge in [-0.2, -0.15) is 0 Å². The van der Waals surface area contributed by atoms with Crippen LogP contribution in [0.2, 0.25) is 5.02 Å². The van der Waals surface area contributed by atoms with E-state index < -0.39 is 10.0 Å². The van der Waals surface area contributed by atoms with Crippen molar-refractivity contribution in [1.29, 1.82) is 0 Å². The van der Waals surface area contributed by atoms with E-state index in [0.717, 1.165) is 56.6 Å². The molecule has 8 nitrogen and oxygen atoms in total. The summed E-state index contributed by atoms with van der Waals surface area (Å²) in [5.74, 6) is 0.00504. The maximum Gasteiger partial charge on any atom is 0.238 e. The molecule has 4 rings (SSSR count). The number of likely N-dealkylation sites (tertiary alicyclic amines) is 1. The first kappa shape index (κ1) is 25.9. The van der Waals surface area contributed by atoms with Crippen LogP contribution in [-0.4, -0.2) is 50.9 Å². The molecule has 2 aliphatic heterocycles. The van der Waals surface area contributed by atoms with Gasteiger partial charge in [-0.15, -0.1) is 0 Å². The van der Waals surface area contributed by atoms with Gasteiger partial charge in [-0.25, -0.2) is 19.0 Å². The highest BCUT2D eigenvalue weighted by atomic mass is 35.5. The number of amides is 1. The van der Waals surface area contributed by atoms with Crippen LogP contribution in [0, 0.1) is 5.92 Å². The SMILES string of the molecule is CCCC1C(C(=O)NC2CCN(Cc3ccc(S(N)(=O)=O)cc3)CC2)CNN1c1ccc(Cl)cc1. The van der Waals surface area contributed by atoms with Crippen LogP contribution >= 0.6 is 11.6 Å². The Balaban J connectivity index is 1.29. The van der Waals surface area contributed by atoms with E-state index in [1.165, 1.54) is 0 Å². The van der Waals surface area contributed by atoms with E-state index in [1.807, 2.05) is 24.3 Å². The highest BCUT2D eigenvalue weighted by molar-refractivity contribution is 7.89. The summed E-state index contributed by atoms with van der Waals surface area (Å²) in [7, 11) is -3.67. The van der Waals surface area contributed by atoms with E-state index in [9.17, 15) is 13.2 Å². The first-order chi connectivity index (χ1) is 16.7. The second kappa shape index (κ2) is 11.3. The number of nitrogens with zero attached hydrogens (tertiary/aromatic N) is 2. The second-order valence-electron chi connectivity index (χ2n) is 9.42. The molecule has 0 spiro atoms. The number of nitrogens with one attached hydrogen (secondary N) is 2. The van der Waals surface area contributed by atoms with Crippen molar-refractivity contribution in [3.05, 3.63) is 59.1 Å². The largest absolute Gasteiger partial charge is 0.353 e. The number of rotatable bonds is 8. The molecular weight excluding hydrogens is 486 g/mol. The lowest BCUT2D eigenvalue weighted by molar-refractivity contribution is -0.125. The van der Waals surface area contributed by atoms with Crippen LogP contribution in [0.15, 0.2) is 53.4 Å². The monoisotopic (exact) mass is 519 g/mol. The predicted octanol–water partition coefficient (Wildman–Crippen LogP) is 2.88. The molecule has 0 bridgehead atoms. The fourth-order valence-corrected chi connectivity index (χ4v) is 5.64. The Morgan fingerprint density at radius 2 is 1.77 bits per heavy atom. The third-order valence-electron chi connectivity index (χ3n) is 6.90. The van der Waals surface area contributed by atoms with Gasteiger partial charge in [-0.3, -0.25) is 9.69 Å². The molecule has 2 saturated heterocycles. The molecule has 2 atom stereocenters. The van der Waals surface area contributed by atoms with Crippen molar-refractivity contribution in [3.8, 4) is 0 Å². The molecule has 0 radical (unpaired) electrons. The molecule has 2 heterocycles. The van der Waals surface area contributed by atoms with Crippen LogP contribution in [0.1, 0.15) is 38.2 Å². The van der Waals surface area contributed by atoms with Crippen LogP contribution in [0.4, 0.5) is 5.69 Å². The molecule has 2 aromatic carbocycles. The topological polar surface area (TPSA) is 108 Å². The normalized spacial score (nSPS) is 21.9. The van der Waals surface area contributed by atoms with Crippen molar-refractivity contribution in [2.24, 2.45) is 11.1 Å². The van der Waals surface area contributed by atoms with Crippen molar-refractivity contribution in [2.45, 2.75) is 56.1 Å². The molecule has 0 aliphatic carbocycles. The van der Waals surface area contributed by atoms with Crippen molar-refractivity contribution >= 4 is 33.2 Å². The molecule has 2 aliphatic rings. The molecule has 0 aromatic heterocycles. The number of benzene rings is 2. The Labute approximate surface area is 212 Å². The van der Waals surface area contributed by atoms with Gasteiger partial charge in [0.25, 0.3) is 0 Å². The van der Waals surface area contributed by atoms with Crippen molar-refractivity contribution in [3.63, 3.8) is 0 Å². The van der Waals surface area contributed by atoms with Gasteiger partial charge in [-0.1, -0.05) is 37.1 Å². The third kappa shape index (κ3) is 6.54. The van der Waals surface area contributed by atoms with Crippen molar-refractivity contribution in [2.75, 3.05) is 24.6 Å². The van der Waals surface area contributed by atoms with Gasteiger partial charge in [-0.05, 0) is 61.2 Å². The summed E-state index contributed by atoms with van der Waals surface area (Å²) in [5, 5.41) is 11.3. The van der Waals surface area contributed by atoms with Gasteiger partial charge in [0.1, 0.15) is 0 Å². The maximum absolute atomic E-state index is 13.2. The summed E-state index contributed by atoms with van der Waals surface area (Å²) in [4.78, 5) is 15.7. The Bertz CT molecular complexity index is 1100. The van der Waals surface area contributed by atoms with Gasteiger partial charge in [0, 0.05) is 37.2 Å². The number of carbonyl (C=O) groups is 1. The van der Waals surface area contributed by atoms with Gasteiger partial charge in [0.05, 0.1) is 22.5 Å². The maximum atomic E-state index is 13.2. The van der Waals surface area contributed by atoms with E-state index in [2.05, 4.69) is 27.6 Å². The van der Waals surface area contributed by atoms with E-state index in [1.54, 1.807) is 24.3 Å². The Hall–Kier alpha value is -2.17. The fraction of sp³-hybridized carbons (Fsp3) is 0.480. The lowest BCUT2D eigenvalue weighted by atomic mass is 9.94. The molecule has 10 heteroatoms. The molecule has 35 heavy (non-hydrogen) atoms. The Morgan fingerprint density at radius 1 is 1.11 bits per heavy atom.